The van der Waals surface area contributed by atoms with Crippen molar-refractivity contribution in [2.24, 2.45) is 0 Å². The summed E-state index contributed by atoms with van der Waals surface area (Å²) in [5.74, 6) is 0. The summed E-state index contributed by atoms with van der Waals surface area (Å²) < 4.78 is 27.6. The molecule has 28 heavy (non-hydrogen) atoms. The molecule has 0 saturated carbocycles. The van der Waals surface area contributed by atoms with Crippen LogP contribution in [0.1, 0.15) is 5.56 Å². The summed E-state index contributed by atoms with van der Waals surface area (Å²) in [7, 11) is -3.63. The summed E-state index contributed by atoms with van der Waals surface area (Å²) >= 11 is 5.97. The molecule has 4 aromatic rings. The van der Waals surface area contributed by atoms with Gasteiger partial charge >= 0.3 is 0 Å². The average molecular weight is 410 g/mol. The first kappa shape index (κ1) is 18.4. The van der Waals surface area contributed by atoms with Crippen molar-refractivity contribution < 1.29 is 8.42 Å². The van der Waals surface area contributed by atoms with Crippen LogP contribution in [0, 0.1) is 6.92 Å². The number of rotatable bonds is 4. The van der Waals surface area contributed by atoms with Gasteiger partial charge < -0.3 is 0 Å². The Kier molecular flexibility index (Phi) is 4.75. The molecule has 7 heteroatoms. The maximum absolute atomic E-state index is 12.5. The second-order valence-corrected chi connectivity index (χ2v) is 8.50. The molecule has 0 bridgehead atoms. The van der Waals surface area contributed by atoms with E-state index in [-0.39, 0.29) is 4.90 Å². The van der Waals surface area contributed by atoms with E-state index in [0.29, 0.717) is 16.4 Å². The highest BCUT2D eigenvalue weighted by atomic mass is 35.5. The fourth-order valence-corrected chi connectivity index (χ4v) is 3.99. The fourth-order valence-electron chi connectivity index (χ4n) is 2.76. The quantitative estimate of drug-likeness (QED) is 0.511. The van der Waals surface area contributed by atoms with E-state index in [4.69, 9.17) is 11.6 Å². The molecule has 0 atom stereocenters. The molecule has 1 N–H and O–H groups in total. The number of benzene rings is 3. The van der Waals surface area contributed by atoms with Crippen molar-refractivity contribution in [3.8, 4) is 11.3 Å². The molecule has 0 saturated heterocycles. The predicted molar refractivity (Wildman–Crippen MR) is 112 cm³/mol. The highest BCUT2D eigenvalue weighted by Gasteiger charge is 2.14. The molecule has 4 rings (SSSR count). The van der Waals surface area contributed by atoms with Crippen molar-refractivity contribution >= 4 is 38.3 Å². The standard InChI is InChI=1S/C21H16ClN3O2S/c1-14-2-9-18(10-3-14)28(26,27)25-17-7-4-15(5-8-17)21-13-23-20-12-16(22)6-11-19(20)24-21/h2-13,25H,1H3. The van der Waals surface area contributed by atoms with Gasteiger partial charge in [0.1, 0.15) is 0 Å². The van der Waals surface area contributed by atoms with Gasteiger partial charge in [0.05, 0.1) is 27.8 Å². The van der Waals surface area contributed by atoms with Crippen molar-refractivity contribution in [2.75, 3.05) is 4.72 Å². The summed E-state index contributed by atoms with van der Waals surface area (Å²) in [5.41, 5.74) is 4.47. The Morgan fingerprint density at radius 3 is 2.32 bits per heavy atom. The lowest BCUT2D eigenvalue weighted by Gasteiger charge is -2.09. The number of sulfonamides is 1. The van der Waals surface area contributed by atoms with Crippen LogP contribution < -0.4 is 4.72 Å². The summed E-state index contributed by atoms with van der Waals surface area (Å²) in [4.78, 5) is 9.20. The van der Waals surface area contributed by atoms with Gasteiger partial charge in [0, 0.05) is 16.3 Å². The van der Waals surface area contributed by atoms with Gasteiger partial charge in [-0.3, -0.25) is 9.71 Å². The topological polar surface area (TPSA) is 72.0 Å². The SMILES string of the molecule is Cc1ccc(S(=O)(=O)Nc2ccc(-c3cnc4cc(Cl)ccc4n3)cc2)cc1. The second kappa shape index (κ2) is 7.22. The van der Waals surface area contributed by atoms with Gasteiger partial charge in [-0.15, -0.1) is 0 Å². The highest BCUT2D eigenvalue weighted by molar-refractivity contribution is 7.92. The monoisotopic (exact) mass is 409 g/mol. The lowest BCUT2D eigenvalue weighted by Crippen LogP contribution is -2.12. The van der Waals surface area contributed by atoms with Gasteiger partial charge in [-0.25, -0.2) is 13.4 Å². The predicted octanol–water partition coefficient (Wildman–Crippen LogP) is 5.06. The van der Waals surface area contributed by atoms with Crippen LogP contribution in [0.2, 0.25) is 5.02 Å². The van der Waals surface area contributed by atoms with Crippen molar-refractivity contribution in [3.63, 3.8) is 0 Å². The first-order valence-electron chi connectivity index (χ1n) is 8.53. The van der Waals surface area contributed by atoms with Gasteiger partial charge in [-0.2, -0.15) is 0 Å². The third-order valence-electron chi connectivity index (χ3n) is 4.27. The average Bonchev–Trinajstić information content (AvgIpc) is 2.68. The molecule has 1 aromatic heterocycles. The van der Waals surface area contributed by atoms with Crippen LogP contribution in [0.4, 0.5) is 5.69 Å². The van der Waals surface area contributed by atoms with E-state index in [1.807, 2.05) is 13.0 Å². The number of halogens is 1. The molecule has 0 aliphatic carbocycles. The molecular formula is C21H16ClN3O2S. The maximum atomic E-state index is 12.5. The first-order valence-corrected chi connectivity index (χ1v) is 10.4. The number of anilines is 1. The molecule has 5 nitrogen and oxygen atoms in total. The van der Waals surface area contributed by atoms with E-state index in [1.54, 1.807) is 66.9 Å². The summed E-state index contributed by atoms with van der Waals surface area (Å²) in [6, 6.07) is 19.1. The van der Waals surface area contributed by atoms with E-state index in [0.717, 1.165) is 22.2 Å². The molecule has 0 aliphatic rings. The first-order chi connectivity index (χ1) is 13.4. The van der Waals surface area contributed by atoms with Crippen LogP contribution >= 0.6 is 11.6 Å². The normalized spacial score (nSPS) is 11.5. The number of fused-ring (bicyclic) bond motifs is 1. The van der Waals surface area contributed by atoms with Crippen molar-refractivity contribution in [1.82, 2.24) is 9.97 Å². The summed E-state index contributed by atoms with van der Waals surface area (Å²) in [6.45, 7) is 1.91. The molecule has 0 aliphatic heterocycles. The number of nitrogens with zero attached hydrogens (tertiary/aromatic N) is 2. The van der Waals surface area contributed by atoms with Crippen LogP contribution in [0.5, 0.6) is 0 Å². The minimum Gasteiger partial charge on any atom is -0.280 e. The molecule has 0 fully saturated rings. The smallest absolute Gasteiger partial charge is 0.261 e. The second-order valence-electron chi connectivity index (χ2n) is 6.38. The zero-order chi connectivity index (χ0) is 19.7. The maximum Gasteiger partial charge on any atom is 0.261 e. The zero-order valence-electron chi connectivity index (χ0n) is 14.9. The van der Waals surface area contributed by atoms with E-state index in [2.05, 4.69) is 14.7 Å². The number of hydrogen-bond acceptors (Lipinski definition) is 4. The van der Waals surface area contributed by atoms with Crippen LogP contribution in [0.3, 0.4) is 0 Å². The van der Waals surface area contributed by atoms with Gasteiger partial charge in [0.25, 0.3) is 10.0 Å². The number of hydrogen-bond donors (Lipinski definition) is 1. The Balaban J connectivity index is 1.58. The molecule has 0 spiro atoms. The van der Waals surface area contributed by atoms with E-state index >= 15 is 0 Å². The summed E-state index contributed by atoms with van der Waals surface area (Å²) in [6.07, 6.45) is 1.67. The Morgan fingerprint density at radius 2 is 1.61 bits per heavy atom. The highest BCUT2D eigenvalue weighted by Crippen LogP contribution is 2.24. The molecule has 0 radical (unpaired) electrons. The van der Waals surface area contributed by atoms with Gasteiger partial charge in [-0.1, -0.05) is 41.4 Å². The minimum atomic E-state index is -3.63. The molecule has 0 amide bonds. The van der Waals surface area contributed by atoms with Crippen LogP contribution in [0.15, 0.2) is 77.8 Å². The lowest BCUT2D eigenvalue weighted by molar-refractivity contribution is 0.601. The van der Waals surface area contributed by atoms with Crippen LogP contribution in [-0.2, 0) is 10.0 Å². The molecule has 3 aromatic carbocycles. The third kappa shape index (κ3) is 3.83. The number of aromatic nitrogens is 2. The zero-order valence-corrected chi connectivity index (χ0v) is 16.5. The van der Waals surface area contributed by atoms with Crippen molar-refractivity contribution in [2.45, 2.75) is 11.8 Å². The molecular weight excluding hydrogens is 394 g/mol. The molecule has 140 valence electrons. The Morgan fingerprint density at radius 1 is 0.893 bits per heavy atom. The number of nitrogens with one attached hydrogen (secondary N) is 1. The van der Waals surface area contributed by atoms with Crippen molar-refractivity contribution in [1.29, 1.82) is 0 Å². The largest absolute Gasteiger partial charge is 0.280 e. The van der Waals surface area contributed by atoms with Crippen molar-refractivity contribution in [3.05, 3.63) is 83.5 Å². The Hall–Kier alpha value is -2.96. The van der Waals surface area contributed by atoms with Crippen LogP contribution in [0.25, 0.3) is 22.3 Å². The van der Waals surface area contributed by atoms with Crippen LogP contribution in [-0.4, -0.2) is 18.4 Å². The fraction of sp³-hybridized carbons (Fsp3) is 0.0476. The molecule has 0 unspecified atom stereocenters. The summed E-state index contributed by atoms with van der Waals surface area (Å²) in [5, 5.41) is 0.611. The van der Waals surface area contributed by atoms with E-state index in [1.165, 1.54) is 0 Å². The van der Waals surface area contributed by atoms with Gasteiger partial charge in [0.15, 0.2) is 0 Å². The molecule has 1 heterocycles. The Labute approximate surface area is 168 Å². The van der Waals surface area contributed by atoms with E-state index in [9.17, 15) is 8.42 Å². The van der Waals surface area contributed by atoms with E-state index < -0.39 is 10.0 Å². The Bertz CT molecular complexity index is 1260. The van der Waals surface area contributed by atoms with Gasteiger partial charge in [-0.05, 0) is 49.4 Å². The lowest BCUT2D eigenvalue weighted by atomic mass is 10.1. The van der Waals surface area contributed by atoms with Gasteiger partial charge in [0.2, 0.25) is 0 Å². The third-order valence-corrected chi connectivity index (χ3v) is 5.90. The minimum absolute atomic E-state index is 0.223. The number of aryl methyl sites for hydroxylation is 1.